The lowest BCUT2D eigenvalue weighted by molar-refractivity contribution is 0.0946. The summed E-state index contributed by atoms with van der Waals surface area (Å²) in [5, 5.41) is 2.90. The number of hydrogen-bond acceptors (Lipinski definition) is 3. The van der Waals surface area contributed by atoms with E-state index in [4.69, 9.17) is 9.97 Å². The first kappa shape index (κ1) is 16.7. The summed E-state index contributed by atoms with van der Waals surface area (Å²) >= 11 is 0. The highest BCUT2D eigenvalue weighted by Crippen LogP contribution is 2.32. The molecule has 0 saturated heterocycles. The van der Waals surface area contributed by atoms with E-state index in [9.17, 15) is 4.79 Å². The Bertz CT molecular complexity index is 1240. The number of aryl methyl sites for hydroxylation is 2. The highest BCUT2D eigenvalue weighted by molar-refractivity contribution is 5.99. The molecule has 138 valence electrons. The third-order valence-corrected chi connectivity index (χ3v) is 5.36. The minimum absolute atomic E-state index is 0.0217. The van der Waals surface area contributed by atoms with Gasteiger partial charge in [-0.1, -0.05) is 36.4 Å². The van der Waals surface area contributed by atoms with E-state index in [2.05, 4.69) is 29.4 Å². The largest absolute Gasteiger partial charge is 0.358 e. The summed E-state index contributed by atoms with van der Waals surface area (Å²) in [4.78, 5) is 25.4. The molecule has 5 rings (SSSR count). The summed E-state index contributed by atoms with van der Waals surface area (Å²) in [6.07, 6.45) is 0.811. The van der Waals surface area contributed by atoms with Gasteiger partial charge in [-0.2, -0.15) is 0 Å². The molecule has 28 heavy (non-hydrogen) atoms. The van der Waals surface area contributed by atoms with Crippen LogP contribution in [0.2, 0.25) is 0 Å². The Morgan fingerprint density at radius 1 is 0.929 bits per heavy atom. The number of carbonyl (C=O) groups is 1. The van der Waals surface area contributed by atoms with Gasteiger partial charge in [0.05, 0.1) is 28.0 Å². The normalized spacial score (nSPS) is 13.4. The van der Waals surface area contributed by atoms with E-state index >= 15 is 0 Å². The van der Waals surface area contributed by atoms with Gasteiger partial charge in [-0.05, 0) is 31.5 Å². The fourth-order valence-corrected chi connectivity index (χ4v) is 3.91. The molecule has 0 atom stereocenters. The van der Waals surface area contributed by atoms with Crippen LogP contribution < -0.4 is 5.32 Å². The number of nitrogens with one attached hydrogen (secondary N) is 2. The lowest BCUT2D eigenvalue weighted by Gasteiger charge is -2.11. The maximum Gasteiger partial charge on any atom is 0.253 e. The number of fused-ring (bicyclic) bond motifs is 2. The minimum atomic E-state index is -0.0217. The van der Waals surface area contributed by atoms with Crippen LogP contribution in [0, 0.1) is 13.8 Å². The van der Waals surface area contributed by atoms with E-state index < -0.39 is 0 Å². The van der Waals surface area contributed by atoms with Gasteiger partial charge >= 0.3 is 0 Å². The van der Waals surface area contributed by atoms with Crippen molar-refractivity contribution in [3.05, 3.63) is 71.0 Å². The fourth-order valence-electron chi connectivity index (χ4n) is 3.91. The Labute approximate surface area is 162 Å². The molecule has 5 nitrogen and oxygen atoms in total. The van der Waals surface area contributed by atoms with E-state index in [1.165, 1.54) is 5.56 Å². The Morgan fingerprint density at radius 3 is 2.57 bits per heavy atom. The average Bonchev–Trinajstić information content (AvgIpc) is 3.13. The van der Waals surface area contributed by atoms with Gasteiger partial charge in [-0.15, -0.1) is 0 Å². The molecule has 1 amide bonds. The summed E-state index contributed by atoms with van der Waals surface area (Å²) in [6, 6.07) is 16.1. The number of para-hydroxylation sites is 1. The molecule has 2 N–H and O–H groups in total. The number of nitrogens with zero attached hydrogens (tertiary/aromatic N) is 2. The molecule has 2 aromatic carbocycles. The van der Waals surface area contributed by atoms with Crippen LogP contribution in [-0.2, 0) is 6.42 Å². The molecule has 3 heterocycles. The molecular weight excluding hydrogens is 348 g/mol. The molecular formula is C23H20N4O. The van der Waals surface area contributed by atoms with Gasteiger partial charge in [0, 0.05) is 35.5 Å². The molecule has 1 aliphatic heterocycles. The smallest absolute Gasteiger partial charge is 0.253 e. The van der Waals surface area contributed by atoms with Crippen molar-refractivity contribution in [1.29, 1.82) is 0 Å². The lowest BCUT2D eigenvalue weighted by Crippen LogP contribution is -2.31. The van der Waals surface area contributed by atoms with Crippen LogP contribution in [0.1, 0.15) is 27.3 Å². The van der Waals surface area contributed by atoms with Crippen LogP contribution in [-0.4, -0.2) is 27.4 Å². The third-order valence-electron chi connectivity index (χ3n) is 5.36. The number of hydrogen-bond donors (Lipinski definition) is 2. The standard InChI is InChI=1S/C23H20N4O/c1-13-6-3-4-7-15(13)21-14(2)25-19-9-5-8-16(22(19)27-21)20-12-17-18(26-20)10-11-24-23(17)28/h3-9,12,26H,10-11H2,1-2H3,(H,24,28). The monoisotopic (exact) mass is 368 g/mol. The van der Waals surface area contributed by atoms with Crippen molar-refractivity contribution >= 4 is 16.9 Å². The Kier molecular flexibility index (Phi) is 3.76. The first-order chi connectivity index (χ1) is 13.6. The van der Waals surface area contributed by atoms with Gasteiger partial charge in [0.15, 0.2) is 0 Å². The maximum atomic E-state index is 12.2. The van der Waals surface area contributed by atoms with Crippen LogP contribution in [0.4, 0.5) is 0 Å². The SMILES string of the molecule is Cc1ccccc1-c1nc2c(-c3cc4c([nH]3)CCNC4=O)cccc2nc1C. The molecule has 4 aromatic rings. The molecule has 0 fully saturated rings. The van der Waals surface area contributed by atoms with Crippen LogP contribution in [0.25, 0.3) is 33.5 Å². The van der Waals surface area contributed by atoms with E-state index in [1.54, 1.807) is 0 Å². The average molecular weight is 368 g/mol. The first-order valence-electron chi connectivity index (χ1n) is 9.45. The zero-order chi connectivity index (χ0) is 19.3. The van der Waals surface area contributed by atoms with Crippen molar-refractivity contribution in [3.63, 3.8) is 0 Å². The van der Waals surface area contributed by atoms with Crippen molar-refractivity contribution in [2.45, 2.75) is 20.3 Å². The van der Waals surface area contributed by atoms with Crippen LogP contribution in [0.5, 0.6) is 0 Å². The predicted octanol–water partition coefficient (Wildman–Crippen LogP) is 4.19. The number of amides is 1. The van der Waals surface area contributed by atoms with Gasteiger partial charge in [0.2, 0.25) is 0 Å². The third kappa shape index (κ3) is 2.59. The highest BCUT2D eigenvalue weighted by atomic mass is 16.1. The van der Waals surface area contributed by atoms with Gasteiger partial charge in [-0.25, -0.2) is 9.97 Å². The number of carbonyl (C=O) groups excluding carboxylic acids is 1. The number of H-pyrrole nitrogens is 1. The van der Waals surface area contributed by atoms with E-state index in [0.29, 0.717) is 6.54 Å². The van der Waals surface area contributed by atoms with Gasteiger partial charge in [0.1, 0.15) is 0 Å². The highest BCUT2D eigenvalue weighted by Gasteiger charge is 2.21. The molecule has 0 aliphatic carbocycles. The second kappa shape index (κ2) is 6.30. The number of benzene rings is 2. The predicted molar refractivity (Wildman–Crippen MR) is 110 cm³/mol. The molecule has 1 aliphatic rings. The lowest BCUT2D eigenvalue weighted by atomic mass is 10.0. The van der Waals surface area contributed by atoms with Crippen LogP contribution in [0.3, 0.4) is 0 Å². The Morgan fingerprint density at radius 2 is 1.75 bits per heavy atom. The molecule has 0 saturated carbocycles. The van der Waals surface area contributed by atoms with Crippen molar-refractivity contribution < 1.29 is 4.79 Å². The van der Waals surface area contributed by atoms with Gasteiger partial charge in [-0.3, -0.25) is 4.79 Å². The second-order valence-corrected chi connectivity index (χ2v) is 7.23. The van der Waals surface area contributed by atoms with E-state index in [1.807, 2.05) is 43.3 Å². The fraction of sp³-hybridized carbons (Fsp3) is 0.174. The molecule has 0 radical (unpaired) electrons. The summed E-state index contributed by atoms with van der Waals surface area (Å²) in [5.74, 6) is -0.0217. The summed E-state index contributed by atoms with van der Waals surface area (Å²) in [5.41, 5.74) is 9.32. The molecule has 0 spiro atoms. The number of rotatable bonds is 2. The van der Waals surface area contributed by atoms with Gasteiger partial charge in [0.25, 0.3) is 5.91 Å². The zero-order valence-corrected chi connectivity index (χ0v) is 15.8. The summed E-state index contributed by atoms with van der Waals surface area (Å²) in [7, 11) is 0. The van der Waals surface area contributed by atoms with Crippen molar-refractivity contribution in [3.8, 4) is 22.5 Å². The first-order valence-corrected chi connectivity index (χ1v) is 9.45. The zero-order valence-electron chi connectivity index (χ0n) is 15.8. The Hall–Kier alpha value is -3.47. The van der Waals surface area contributed by atoms with Gasteiger partial charge < -0.3 is 10.3 Å². The number of aromatic amines is 1. The number of aromatic nitrogens is 3. The van der Waals surface area contributed by atoms with Crippen LogP contribution in [0.15, 0.2) is 48.5 Å². The maximum absolute atomic E-state index is 12.2. The summed E-state index contributed by atoms with van der Waals surface area (Å²) < 4.78 is 0. The molecule has 0 bridgehead atoms. The van der Waals surface area contributed by atoms with Crippen molar-refractivity contribution in [1.82, 2.24) is 20.3 Å². The second-order valence-electron chi connectivity index (χ2n) is 7.23. The summed E-state index contributed by atoms with van der Waals surface area (Å²) in [6.45, 7) is 4.75. The molecule has 0 unspecified atom stereocenters. The van der Waals surface area contributed by atoms with Crippen molar-refractivity contribution in [2.75, 3.05) is 6.54 Å². The van der Waals surface area contributed by atoms with Crippen LogP contribution >= 0.6 is 0 Å². The minimum Gasteiger partial charge on any atom is -0.358 e. The van der Waals surface area contributed by atoms with E-state index in [0.717, 1.165) is 56.9 Å². The molecule has 5 heteroatoms. The van der Waals surface area contributed by atoms with E-state index in [-0.39, 0.29) is 5.91 Å². The Balaban J connectivity index is 1.74. The quantitative estimate of drug-likeness (QED) is 0.557. The van der Waals surface area contributed by atoms with Crippen molar-refractivity contribution in [2.24, 2.45) is 0 Å². The molecule has 2 aromatic heterocycles. The topological polar surface area (TPSA) is 70.7 Å².